The fourth-order valence-corrected chi connectivity index (χ4v) is 5.16. The average Bonchev–Trinajstić information content (AvgIpc) is 2.84. The second kappa shape index (κ2) is 10.3. The summed E-state index contributed by atoms with van der Waals surface area (Å²) in [5, 5.41) is 11.7. The van der Waals surface area contributed by atoms with Crippen molar-refractivity contribution in [2.75, 3.05) is 32.7 Å². The summed E-state index contributed by atoms with van der Waals surface area (Å²) in [5.74, 6) is 0.0801. The normalized spacial score (nSPS) is 17.6. The van der Waals surface area contributed by atoms with Gasteiger partial charge in [-0.3, -0.25) is 14.7 Å². The van der Waals surface area contributed by atoms with Crippen LogP contribution in [0.3, 0.4) is 0 Å². The maximum Gasteiger partial charge on any atom is 0.343 e. The highest BCUT2D eigenvalue weighted by atomic mass is 35.5. The van der Waals surface area contributed by atoms with Crippen LogP contribution < -0.4 is 5.63 Å². The van der Waals surface area contributed by atoms with Gasteiger partial charge in [0.2, 0.25) is 0 Å². The number of halogens is 1. The predicted octanol–water partition coefficient (Wildman–Crippen LogP) is 3.87. The van der Waals surface area contributed by atoms with E-state index in [0.29, 0.717) is 24.2 Å². The molecule has 2 aromatic carbocycles. The number of fused-ring (bicyclic) bond motifs is 1. The van der Waals surface area contributed by atoms with Gasteiger partial charge in [-0.25, -0.2) is 4.79 Å². The molecule has 0 atom stereocenters. The van der Waals surface area contributed by atoms with Gasteiger partial charge in [-0.1, -0.05) is 48.0 Å². The Morgan fingerprint density at radius 3 is 2.35 bits per heavy atom. The molecule has 3 aromatic rings. The van der Waals surface area contributed by atoms with Crippen LogP contribution in [0.25, 0.3) is 0 Å². The average molecular weight is 480 g/mol. The third-order valence-corrected chi connectivity index (χ3v) is 7.13. The lowest BCUT2D eigenvalue weighted by atomic mass is 9.99. The Labute approximate surface area is 205 Å². The van der Waals surface area contributed by atoms with Crippen molar-refractivity contribution >= 4 is 11.6 Å². The summed E-state index contributed by atoms with van der Waals surface area (Å²) in [6.45, 7) is 7.00. The lowest BCUT2D eigenvalue weighted by Crippen LogP contribution is -2.45. The van der Waals surface area contributed by atoms with E-state index in [0.717, 1.165) is 57.3 Å². The molecular formula is C27H30ClN3O3. The van der Waals surface area contributed by atoms with Crippen LogP contribution in [0.15, 0.2) is 64.0 Å². The van der Waals surface area contributed by atoms with E-state index in [1.54, 1.807) is 0 Å². The topological polar surface area (TPSA) is 60.2 Å². The molecule has 34 heavy (non-hydrogen) atoms. The van der Waals surface area contributed by atoms with Crippen molar-refractivity contribution in [3.05, 3.63) is 98.1 Å². The number of rotatable bonds is 6. The molecule has 1 N–H and O–H groups in total. The van der Waals surface area contributed by atoms with Crippen molar-refractivity contribution in [2.45, 2.75) is 32.6 Å². The Balaban J connectivity index is 1.20. The molecule has 5 rings (SSSR count). The molecule has 0 saturated carbocycles. The van der Waals surface area contributed by atoms with Crippen molar-refractivity contribution in [1.82, 2.24) is 14.7 Å². The minimum absolute atomic E-state index is 0.0801. The van der Waals surface area contributed by atoms with Crippen molar-refractivity contribution in [3.63, 3.8) is 0 Å². The molecule has 0 spiro atoms. The van der Waals surface area contributed by atoms with Gasteiger partial charge in [-0.2, -0.15) is 0 Å². The van der Waals surface area contributed by atoms with E-state index in [9.17, 15) is 9.90 Å². The maximum absolute atomic E-state index is 12.5. The molecule has 1 saturated heterocycles. The first-order valence-electron chi connectivity index (χ1n) is 11.9. The van der Waals surface area contributed by atoms with Gasteiger partial charge in [0.05, 0.1) is 5.56 Å². The lowest BCUT2D eigenvalue weighted by molar-refractivity contribution is 0.120. The van der Waals surface area contributed by atoms with Crippen LogP contribution in [0, 0.1) is 0 Å². The number of hydrogen-bond acceptors (Lipinski definition) is 6. The fraction of sp³-hybridized carbons (Fsp3) is 0.370. The van der Waals surface area contributed by atoms with Gasteiger partial charge in [0.25, 0.3) is 0 Å². The quantitative estimate of drug-likeness (QED) is 0.579. The first kappa shape index (κ1) is 23.1. The molecule has 0 unspecified atom stereocenters. The van der Waals surface area contributed by atoms with Crippen LogP contribution in [-0.4, -0.2) is 52.5 Å². The molecule has 1 fully saturated rings. The maximum atomic E-state index is 12.5. The van der Waals surface area contributed by atoms with Crippen LogP contribution in [0.5, 0.6) is 5.75 Å². The molecule has 3 heterocycles. The molecule has 0 aliphatic carbocycles. The first-order valence-corrected chi connectivity index (χ1v) is 12.2. The summed E-state index contributed by atoms with van der Waals surface area (Å²) < 4.78 is 5.34. The van der Waals surface area contributed by atoms with Crippen molar-refractivity contribution < 1.29 is 9.52 Å². The van der Waals surface area contributed by atoms with Gasteiger partial charge < -0.3 is 9.52 Å². The summed E-state index contributed by atoms with van der Waals surface area (Å²) in [4.78, 5) is 19.4. The Morgan fingerprint density at radius 1 is 0.853 bits per heavy atom. The van der Waals surface area contributed by atoms with E-state index < -0.39 is 5.63 Å². The number of nitrogens with zero attached hydrogens (tertiary/aromatic N) is 3. The molecule has 1 aromatic heterocycles. The summed E-state index contributed by atoms with van der Waals surface area (Å²) in [6, 6.07) is 16.4. The zero-order valence-electron chi connectivity index (χ0n) is 19.3. The Hall–Kier alpha value is -2.64. The first-order chi connectivity index (χ1) is 16.5. The van der Waals surface area contributed by atoms with Crippen LogP contribution in [0.1, 0.15) is 27.8 Å². The predicted molar refractivity (Wildman–Crippen MR) is 133 cm³/mol. The highest BCUT2D eigenvalue weighted by Gasteiger charge is 2.23. The standard InChI is InChI=1S/C27H30ClN3O3/c28-24-7-3-4-20(14-24)15-29-10-12-30(13-11-29)18-25-26(32)23(19-34-27(25)33)17-31-9-8-21-5-1-2-6-22(21)16-31/h1-7,14,19,32H,8-13,15-18H2. The SMILES string of the molecule is O=c1occ(CN2CCc3ccccc3C2)c(O)c1CN1CCN(Cc2cccc(Cl)c2)CC1. The zero-order valence-corrected chi connectivity index (χ0v) is 20.0. The van der Waals surface area contributed by atoms with Gasteiger partial charge in [-0.05, 0) is 35.2 Å². The van der Waals surface area contributed by atoms with Crippen molar-refractivity contribution in [3.8, 4) is 5.75 Å². The highest BCUT2D eigenvalue weighted by molar-refractivity contribution is 6.30. The van der Waals surface area contributed by atoms with Gasteiger partial charge in [-0.15, -0.1) is 0 Å². The largest absolute Gasteiger partial charge is 0.507 e. The number of hydrogen-bond donors (Lipinski definition) is 1. The molecule has 0 bridgehead atoms. The summed E-state index contributed by atoms with van der Waals surface area (Å²) in [6.07, 6.45) is 2.41. The molecule has 6 nitrogen and oxygen atoms in total. The third kappa shape index (κ3) is 5.36. The van der Waals surface area contributed by atoms with Crippen molar-refractivity contribution in [2.24, 2.45) is 0 Å². The Kier molecular flexibility index (Phi) is 7.02. The van der Waals surface area contributed by atoms with E-state index in [4.69, 9.17) is 16.0 Å². The van der Waals surface area contributed by atoms with Crippen LogP contribution in [-0.2, 0) is 32.6 Å². The van der Waals surface area contributed by atoms with E-state index in [-0.39, 0.29) is 5.75 Å². The molecule has 7 heteroatoms. The number of aromatic hydroxyl groups is 1. The monoisotopic (exact) mass is 479 g/mol. The highest BCUT2D eigenvalue weighted by Crippen LogP contribution is 2.26. The van der Waals surface area contributed by atoms with Gasteiger partial charge in [0.15, 0.2) is 0 Å². The molecule has 0 amide bonds. The van der Waals surface area contributed by atoms with E-state index in [1.807, 2.05) is 18.2 Å². The smallest absolute Gasteiger partial charge is 0.343 e. The van der Waals surface area contributed by atoms with E-state index in [2.05, 4.69) is 45.0 Å². The second-order valence-corrected chi connectivity index (χ2v) is 9.72. The number of piperazine rings is 1. The van der Waals surface area contributed by atoms with Gasteiger partial charge >= 0.3 is 5.63 Å². The minimum Gasteiger partial charge on any atom is -0.507 e. The van der Waals surface area contributed by atoms with Crippen molar-refractivity contribution in [1.29, 1.82) is 0 Å². The second-order valence-electron chi connectivity index (χ2n) is 9.29. The van der Waals surface area contributed by atoms with E-state index in [1.165, 1.54) is 23.0 Å². The summed E-state index contributed by atoms with van der Waals surface area (Å²) in [5.41, 5.74) is 4.49. The minimum atomic E-state index is -0.452. The molecule has 178 valence electrons. The number of benzene rings is 2. The Bertz CT molecular complexity index is 1200. The molecule has 0 radical (unpaired) electrons. The molecule has 2 aliphatic heterocycles. The molecular weight excluding hydrogens is 450 g/mol. The summed E-state index contributed by atoms with van der Waals surface area (Å²) >= 11 is 6.11. The summed E-state index contributed by atoms with van der Waals surface area (Å²) in [7, 11) is 0. The van der Waals surface area contributed by atoms with Crippen LogP contribution in [0.2, 0.25) is 5.02 Å². The Morgan fingerprint density at radius 2 is 1.59 bits per heavy atom. The fourth-order valence-electron chi connectivity index (χ4n) is 4.95. The van der Waals surface area contributed by atoms with Gasteiger partial charge in [0.1, 0.15) is 12.0 Å². The molecule has 2 aliphatic rings. The third-order valence-electron chi connectivity index (χ3n) is 6.89. The van der Waals surface area contributed by atoms with Gasteiger partial charge in [0, 0.05) is 69.5 Å². The zero-order chi connectivity index (χ0) is 23.5. The van der Waals surface area contributed by atoms with Crippen LogP contribution >= 0.6 is 11.6 Å². The van der Waals surface area contributed by atoms with Crippen LogP contribution in [0.4, 0.5) is 0 Å². The lowest BCUT2D eigenvalue weighted by Gasteiger charge is -2.34. The van der Waals surface area contributed by atoms with E-state index >= 15 is 0 Å².